The van der Waals surface area contributed by atoms with E-state index in [0.29, 0.717) is 89.8 Å². The van der Waals surface area contributed by atoms with E-state index in [1.165, 1.54) is 0 Å². The molecule has 11 nitrogen and oxygen atoms in total. The second-order valence-electron chi connectivity index (χ2n) is 21.3. The van der Waals surface area contributed by atoms with Gasteiger partial charge in [-0.15, -0.1) is 0 Å². The van der Waals surface area contributed by atoms with Crippen molar-refractivity contribution in [3.05, 3.63) is 98.1 Å². The van der Waals surface area contributed by atoms with Crippen molar-refractivity contribution in [3.63, 3.8) is 0 Å². The SMILES string of the molecule is CCC1CCC2C3Cc4ccc5c(c4)CC(O)C(=C4CC(c6cc(CO)cc(NCC(C)O)c6)C#CC6CC(=O)Oc7c6cc(c(O)c7C6CCCCC6)CC(OC4=O)C1(O)C2CCC3=O)CC5. The lowest BCUT2D eigenvalue weighted by Gasteiger charge is -2.56. The number of aliphatic hydroxyl groups is 4. The summed E-state index contributed by atoms with van der Waals surface area (Å²) in [4.78, 5) is 43.7. The molecule has 68 heavy (non-hydrogen) atoms. The number of benzene rings is 3. The van der Waals surface area contributed by atoms with Crippen LogP contribution >= 0.6 is 0 Å². The Morgan fingerprint density at radius 1 is 0.853 bits per heavy atom. The molecule has 10 atom stereocenters. The van der Waals surface area contributed by atoms with Crippen LogP contribution in [0.4, 0.5) is 5.69 Å². The second kappa shape index (κ2) is 19.1. The van der Waals surface area contributed by atoms with Crippen LogP contribution < -0.4 is 10.1 Å². The first-order chi connectivity index (χ1) is 32.8. The fraction of sp³-hybridized carbons (Fsp3) is 0.561. The molecule has 3 aromatic carbocycles. The van der Waals surface area contributed by atoms with Gasteiger partial charge >= 0.3 is 11.9 Å². The molecule has 11 bridgehead atoms. The standard InChI is InChI=1S/C57H67NO10/c1-3-41-14-16-43-46-22-32-9-10-34-13-15-44(50(62)26-39(34)19-32)47-24-36(38-20-33(30-59)21-42(23-38)58-29-31(2)60)11-12-37-28-52(63)68-55-45(37)25-40(54(64)53(55)35-7-5-4-6-8-35)27-51(67-56(47)65)57(41,66)48(43)17-18-49(46)61/h9-10,19-21,23,25,31,35-37,41,43,46,48,50-51,58-60,62,64,66H,3-8,13-18,22,24,26-30H2,1-2H3. The van der Waals surface area contributed by atoms with Crippen LogP contribution in [0.25, 0.3) is 0 Å². The lowest BCUT2D eigenvalue weighted by molar-refractivity contribution is -0.212. The van der Waals surface area contributed by atoms with Crippen LogP contribution in [0.3, 0.4) is 0 Å². The molecule has 0 aromatic heterocycles. The second-order valence-corrected chi connectivity index (χ2v) is 21.3. The van der Waals surface area contributed by atoms with Gasteiger partial charge in [-0.1, -0.05) is 68.7 Å². The lowest BCUT2D eigenvalue weighted by Crippen LogP contribution is -2.63. The quantitative estimate of drug-likeness (QED) is 0.0769. The van der Waals surface area contributed by atoms with Gasteiger partial charge in [-0.25, -0.2) is 4.79 Å². The van der Waals surface area contributed by atoms with E-state index < -0.39 is 47.7 Å². The number of carbonyl (C=O) groups is 3. The van der Waals surface area contributed by atoms with Crippen molar-refractivity contribution in [2.24, 2.45) is 23.7 Å². The molecule has 10 rings (SSSR count). The van der Waals surface area contributed by atoms with Crippen LogP contribution in [0.15, 0.2) is 53.6 Å². The van der Waals surface area contributed by atoms with Crippen molar-refractivity contribution in [2.45, 2.75) is 171 Å². The number of esters is 2. The number of phenolic OH excluding ortho intramolecular Hbond substituents is 1. The Hall–Kier alpha value is -4.99. The molecule has 360 valence electrons. The van der Waals surface area contributed by atoms with Crippen molar-refractivity contribution in [2.75, 3.05) is 11.9 Å². The third kappa shape index (κ3) is 8.69. The lowest BCUT2D eigenvalue weighted by atomic mass is 9.53. The Kier molecular flexibility index (Phi) is 13.1. The van der Waals surface area contributed by atoms with Gasteiger partial charge in [0.25, 0.3) is 0 Å². The zero-order chi connectivity index (χ0) is 47.4. The van der Waals surface area contributed by atoms with Gasteiger partial charge in [0.05, 0.1) is 31.2 Å². The number of hydrogen-bond donors (Lipinski definition) is 6. The normalized spacial score (nSPS) is 30.9. The summed E-state index contributed by atoms with van der Waals surface area (Å²) in [6.45, 7) is 3.71. The first-order valence-corrected chi connectivity index (χ1v) is 25.6. The van der Waals surface area contributed by atoms with E-state index in [9.17, 15) is 35.1 Å². The molecular weight excluding hydrogens is 859 g/mol. The van der Waals surface area contributed by atoms with Gasteiger partial charge in [0, 0.05) is 60.0 Å². The molecule has 0 saturated heterocycles. The molecule has 0 spiro atoms. The van der Waals surface area contributed by atoms with Crippen molar-refractivity contribution in [3.8, 4) is 23.3 Å². The topological polar surface area (TPSA) is 183 Å². The minimum atomic E-state index is -1.60. The molecular formula is C57H67NO10. The molecule has 10 unspecified atom stereocenters. The minimum absolute atomic E-state index is 0.00963. The fourth-order valence-corrected chi connectivity index (χ4v) is 13.7. The molecule has 11 heteroatoms. The highest BCUT2D eigenvalue weighted by Crippen LogP contribution is 2.56. The number of carbonyl (C=O) groups excluding carboxylic acids is 3. The average Bonchev–Trinajstić information content (AvgIpc) is 3.48. The first-order valence-electron chi connectivity index (χ1n) is 25.6. The number of Topliss-reactive ketones (excluding diaryl/α,β-unsaturated/α-hetero) is 1. The summed E-state index contributed by atoms with van der Waals surface area (Å²) in [5, 5.41) is 63.1. The number of aryl methyl sites for hydroxylation is 1. The highest BCUT2D eigenvalue weighted by Gasteiger charge is 2.59. The number of aliphatic hydroxyl groups excluding tert-OH is 3. The number of anilines is 1. The maximum atomic E-state index is 15.8. The largest absolute Gasteiger partial charge is 0.507 e. The molecule has 7 aliphatic rings. The number of fused-ring (bicyclic) bond motifs is 8. The van der Waals surface area contributed by atoms with E-state index in [1.54, 1.807) is 6.92 Å². The van der Waals surface area contributed by atoms with Crippen molar-refractivity contribution in [1.29, 1.82) is 0 Å². The van der Waals surface area contributed by atoms with E-state index in [1.807, 2.05) is 24.3 Å². The maximum Gasteiger partial charge on any atom is 0.334 e. The zero-order valence-corrected chi connectivity index (χ0v) is 39.5. The predicted molar refractivity (Wildman–Crippen MR) is 256 cm³/mol. The van der Waals surface area contributed by atoms with Crippen molar-refractivity contribution < 1.29 is 49.4 Å². The summed E-state index contributed by atoms with van der Waals surface area (Å²) >= 11 is 0. The molecule has 3 fully saturated rings. The molecule has 4 aliphatic carbocycles. The summed E-state index contributed by atoms with van der Waals surface area (Å²) in [7, 11) is 0. The van der Waals surface area contributed by atoms with E-state index in [4.69, 9.17) is 9.47 Å². The molecule has 0 amide bonds. The monoisotopic (exact) mass is 925 g/mol. The maximum absolute atomic E-state index is 15.8. The Labute approximate surface area is 399 Å². The van der Waals surface area contributed by atoms with Crippen LogP contribution in [0, 0.1) is 35.5 Å². The van der Waals surface area contributed by atoms with Crippen molar-refractivity contribution in [1.82, 2.24) is 0 Å². The number of aromatic hydroxyl groups is 1. The third-order valence-corrected chi connectivity index (χ3v) is 17.2. The number of rotatable bonds is 7. The van der Waals surface area contributed by atoms with Crippen LogP contribution in [0.2, 0.25) is 0 Å². The number of nitrogens with one attached hydrogen (secondary N) is 1. The van der Waals surface area contributed by atoms with E-state index in [0.717, 1.165) is 55.2 Å². The predicted octanol–water partition coefficient (Wildman–Crippen LogP) is 7.93. The number of hydrogen-bond acceptors (Lipinski definition) is 11. The Morgan fingerprint density at radius 2 is 1.66 bits per heavy atom. The summed E-state index contributed by atoms with van der Waals surface area (Å²) in [5.41, 5.74) is 5.94. The molecule has 3 aromatic rings. The number of ether oxygens (including phenoxy) is 2. The molecule has 3 aliphatic heterocycles. The van der Waals surface area contributed by atoms with Crippen LogP contribution in [0.5, 0.6) is 11.5 Å². The Balaban J connectivity index is 1.24. The smallest absolute Gasteiger partial charge is 0.334 e. The van der Waals surface area contributed by atoms with E-state index in [2.05, 4.69) is 42.3 Å². The minimum Gasteiger partial charge on any atom is -0.507 e. The Morgan fingerprint density at radius 3 is 2.44 bits per heavy atom. The van der Waals surface area contributed by atoms with Gasteiger partial charge in [-0.3, -0.25) is 9.59 Å². The number of ketones is 1. The first kappa shape index (κ1) is 46.7. The van der Waals surface area contributed by atoms with Crippen LogP contribution in [-0.2, 0) is 51.4 Å². The van der Waals surface area contributed by atoms with Gasteiger partial charge in [-0.05, 0) is 146 Å². The molecule has 0 radical (unpaired) electrons. The molecule has 3 heterocycles. The molecule has 6 N–H and O–H groups in total. The highest BCUT2D eigenvalue weighted by atomic mass is 16.6. The number of phenols is 1. The van der Waals surface area contributed by atoms with Crippen LogP contribution in [-0.4, -0.2) is 73.7 Å². The van der Waals surface area contributed by atoms with Crippen LogP contribution in [0.1, 0.15) is 160 Å². The van der Waals surface area contributed by atoms with Gasteiger partial charge in [-0.2, -0.15) is 0 Å². The average molecular weight is 926 g/mol. The third-order valence-electron chi connectivity index (χ3n) is 17.2. The highest BCUT2D eigenvalue weighted by molar-refractivity contribution is 5.90. The molecule has 3 saturated carbocycles. The van der Waals surface area contributed by atoms with Gasteiger partial charge in [0.15, 0.2) is 0 Å². The van der Waals surface area contributed by atoms with Crippen molar-refractivity contribution >= 4 is 23.4 Å². The summed E-state index contributed by atoms with van der Waals surface area (Å²) in [6.07, 6.45) is 6.07. The summed E-state index contributed by atoms with van der Waals surface area (Å²) in [5.74, 6) is 3.78. The fourth-order valence-electron chi connectivity index (χ4n) is 13.7. The Bertz CT molecular complexity index is 2580. The van der Waals surface area contributed by atoms with Gasteiger partial charge < -0.3 is 40.3 Å². The summed E-state index contributed by atoms with van der Waals surface area (Å²) in [6, 6.07) is 13.8. The van der Waals surface area contributed by atoms with Gasteiger partial charge in [0.2, 0.25) is 0 Å². The van der Waals surface area contributed by atoms with E-state index in [-0.39, 0.29) is 85.5 Å². The van der Waals surface area contributed by atoms with Gasteiger partial charge in [0.1, 0.15) is 29.0 Å². The summed E-state index contributed by atoms with van der Waals surface area (Å²) < 4.78 is 13.2. The zero-order valence-electron chi connectivity index (χ0n) is 39.5. The van der Waals surface area contributed by atoms with E-state index >= 15 is 4.79 Å².